The van der Waals surface area contributed by atoms with Crippen LogP contribution in [0.1, 0.15) is 31.2 Å². The van der Waals surface area contributed by atoms with Crippen LogP contribution in [0.15, 0.2) is 23.1 Å². The predicted molar refractivity (Wildman–Crippen MR) is 70.1 cm³/mol. The number of nitrogen functional groups attached to an aromatic ring is 1. The van der Waals surface area contributed by atoms with Gasteiger partial charge in [-0.2, -0.15) is 0 Å². The average molecular weight is 252 g/mol. The maximum atomic E-state index is 13.6. The van der Waals surface area contributed by atoms with Crippen molar-refractivity contribution in [3.05, 3.63) is 29.6 Å². The molecule has 0 spiro atoms. The zero-order valence-electron chi connectivity index (χ0n) is 9.71. The van der Waals surface area contributed by atoms with Crippen molar-refractivity contribution >= 4 is 17.6 Å². The van der Waals surface area contributed by atoms with Gasteiger partial charge in [0.1, 0.15) is 11.7 Å². The second-order valence-electron chi connectivity index (χ2n) is 4.49. The summed E-state index contributed by atoms with van der Waals surface area (Å²) in [6.07, 6.45) is 5.18. The van der Waals surface area contributed by atoms with Gasteiger partial charge < -0.3 is 5.73 Å². The van der Waals surface area contributed by atoms with E-state index in [2.05, 4.69) is 0 Å². The molecule has 0 heterocycles. The summed E-state index contributed by atoms with van der Waals surface area (Å²) in [6.45, 7) is 0. The summed E-state index contributed by atoms with van der Waals surface area (Å²) < 4.78 is 13.6. The standard InChI is InChI=1S/C13H17FN2S/c14-10-6-3-7-11(12(10)13(15)16)17-8-9-4-1-2-5-9/h3,6-7,9H,1-2,4-5,8H2,(H3,15,16). The SMILES string of the molecule is N=C(N)c1c(F)cccc1SCC1CCCC1. The molecule has 17 heavy (non-hydrogen) atoms. The lowest BCUT2D eigenvalue weighted by Crippen LogP contribution is -2.14. The molecule has 0 aliphatic heterocycles. The van der Waals surface area contributed by atoms with Crippen LogP contribution in [0.5, 0.6) is 0 Å². The van der Waals surface area contributed by atoms with E-state index in [1.807, 2.05) is 6.07 Å². The minimum Gasteiger partial charge on any atom is -0.384 e. The average Bonchev–Trinajstić information content (AvgIpc) is 2.78. The molecular weight excluding hydrogens is 235 g/mol. The highest BCUT2D eigenvalue weighted by molar-refractivity contribution is 7.99. The van der Waals surface area contributed by atoms with Crippen molar-refractivity contribution in [1.29, 1.82) is 5.41 Å². The Morgan fingerprint density at radius 1 is 1.41 bits per heavy atom. The van der Waals surface area contributed by atoms with E-state index in [0.29, 0.717) is 0 Å². The number of hydrogen-bond donors (Lipinski definition) is 2. The molecule has 0 amide bonds. The molecule has 4 heteroatoms. The van der Waals surface area contributed by atoms with E-state index in [-0.39, 0.29) is 11.4 Å². The molecule has 1 aromatic carbocycles. The Morgan fingerprint density at radius 2 is 2.12 bits per heavy atom. The fraction of sp³-hybridized carbons (Fsp3) is 0.462. The molecule has 1 fully saturated rings. The minimum absolute atomic E-state index is 0.183. The van der Waals surface area contributed by atoms with Gasteiger partial charge in [0.05, 0.1) is 5.56 Å². The first-order valence-electron chi connectivity index (χ1n) is 5.94. The van der Waals surface area contributed by atoms with E-state index in [9.17, 15) is 4.39 Å². The van der Waals surface area contributed by atoms with Crippen LogP contribution in [0.3, 0.4) is 0 Å². The smallest absolute Gasteiger partial charge is 0.135 e. The summed E-state index contributed by atoms with van der Waals surface area (Å²) in [5.41, 5.74) is 5.69. The van der Waals surface area contributed by atoms with E-state index in [1.54, 1.807) is 17.8 Å². The molecule has 0 unspecified atom stereocenters. The highest BCUT2D eigenvalue weighted by Gasteiger charge is 2.17. The summed E-state index contributed by atoms with van der Waals surface area (Å²) in [4.78, 5) is 0.796. The van der Waals surface area contributed by atoms with Gasteiger partial charge in [-0.3, -0.25) is 5.41 Å². The van der Waals surface area contributed by atoms with Crippen molar-refractivity contribution in [3.63, 3.8) is 0 Å². The molecule has 3 N–H and O–H groups in total. The Morgan fingerprint density at radius 3 is 2.76 bits per heavy atom. The molecule has 0 saturated heterocycles. The van der Waals surface area contributed by atoms with Crippen LogP contribution in [0.2, 0.25) is 0 Å². The van der Waals surface area contributed by atoms with Crippen molar-refractivity contribution in [2.24, 2.45) is 11.7 Å². The number of rotatable bonds is 4. The second kappa shape index (κ2) is 5.54. The Bertz CT molecular complexity index is 414. The van der Waals surface area contributed by atoms with Crippen molar-refractivity contribution < 1.29 is 4.39 Å². The molecule has 92 valence electrons. The molecule has 2 rings (SSSR count). The van der Waals surface area contributed by atoms with E-state index in [4.69, 9.17) is 11.1 Å². The van der Waals surface area contributed by atoms with Gasteiger partial charge in [0.25, 0.3) is 0 Å². The number of nitrogens with two attached hydrogens (primary N) is 1. The van der Waals surface area contributed by atoms with Crippen LogP contribution in [0.25, 0.3) is 0 Å². The van der Waals surface area contributed by atoms with E-state index < -0.39 is 5.82 Å². The number of hydrogen-bond acceptors (Lipinski definition) is 2. The third kappa shape index (κ3) is 3.00. The van der Waals surface area contributed by atoms with Gasteiger partial charge in [-0.1, -0.05) is 18.9 Å². The van der Waals surface area contributed by atoms with Gasteiger partial charge in [-0.05, 0) is 30.9 Å². The van der Waals surface area contributed by atoms with Crippen molar-refractivity contribution in [2.75, 3.05) is 5.75 Å². The molecule has 1 aliphatic rings. The molecular formula is C13H17FN2S. The highest BCUT2D eigenvalue weighted by Crippen LogP contribution is 2.32. The van der Waals surface area contributed by atoms with Crippen LogP contribution >= 0.6 is 11.8 Å². The van der Waals surface area contributed by atoms with Gasteiger partial charge in [0, 0.05) is 10.6 Å². The van der Waals surface area contributed by atoms with Crippen LogP contribution < -0.4 is 5.73 Å². The number of nitrogens with one attached hydrogen (secondary N) is 1. The molecule has 0 aromatic heterocycles. The van der Waals surface area contributed by atoms with Crippen molar-refractivity contribution in [3.8, 4) is 0 Å². The first-order chi connectivity index (χ1) is 8.18. The Hall–Kier alpha value is -1.03. The van der Waals surface area contributed by atoms with Gasteiger partial charge in [0.15, 0.2) is 0 Å². The van der Waals surface area contributed by atoms with E-state index >= 15 is 0 Å². The summed E-state index contributed by atoms with van der Waals surface area (Å²) >= 11 is 1.63. The zero-order valence-corrected chi connectivity index (χ0v) is 10.5. The largest absolute Gasteiger partial charge is 0.384 e. The fourth-order valence-corrected chi connectivity index (χ4v) is 3.55. The lowest BCUT2D eigenvalue weighted by atomic mass is 10.1. The molecule has 0 atom stereocenters. The lowest BCUT2D eigenvalue weighted by molar-refractivity contribution is 0.617. The summed E-state index contributed by atoms with van der Waals surface area (Å²) in [5.74, 6) is 1.16. The normalized spacial score (nSPS) is 16.3. The predicted octanol–water partition coefficient (Wildman–Crippen LogP) is 3.39. The van der Waals surface area contributed by atoms with Gasteiger partial charge in [0.2, 0.25) is 0 Å². The monoisotopic (exact) mass is 252 g/mol. The van der Waals surface area contributed by atoms with Crippen LogP contribution in [0.4, 0.5) is 4.39 Å². The van der Waals surface area contributed by atoms with Gasteiger partial charge in [-0.25, -0.2) is 4.39 Å². The van der Waals surface area contributed by atoms with Crippen molar-refractivity contribution in [2.45, 2.75) is 30.6 Å². The molecule has 0 radical (unpaired) electrons. The number of benzene rings is 1. The Labute approximate surface area is 105 Å². The molecule has 1 saturated carbocycles. The highest BCUT2D eigenvalue weighted by atomic mass is 32.2. The van der Waals surface area contributed by atoms with Gasteiger partial charge >= 0.3 is 0 Å². The van der Waals surface area contributed by atoms with Crippen LogP contribution in [0, 0.1) is 17.1 Å². The third-order valence-electron chi connectivity index (χ3n) is 3.19. The topological polar surface area (TPSA) is 49.9 Å². The quantitative estimate of drug-likeness (QED) is 0.490. The summed E-state index contributed by atoms with van der Waals surface area (Å²) in [6, 6.07) is 4.88. The van der Waals surface area contributed by atoms with Gasteiger partial charge in [-0.15, -0.1) is 11.8 Å². The minimum atomic E-state index is -0.395. The maximum absolute atomic E-state index is 13.6. The summed E-state index contributed by atoms with van der Waals surface area (Å²) in [5, 5.41) is 7.43. The lowest BCUT2D eigenvalue weighted by Gasteiger charge is -2.11. The molecule has 2 nitrogen and oxygen atoms in total. The maximum Gasteiger partial charge on any atom is 0.135 e. The number of halogens is 1. The Kier molecular flexibility index (Phi) is 4.05. The summed E-state index contributed by atoms with van der Waals surface area (Å²) in [7, 11) is 0. The molecule has 0 bridgehead atoms. The Balaban J connectivity index is 2.09. The second-order valence-corrected chi connectivity index (χ2v) is 5.55. The first kappa shape index (κ1) is 12.4. The third-order valence-corrected chi connectivity index (χ3v) is 4.48. The zero-order chi connectivity index (χ0) is 12.3. The van der Waals surface area contributed by atoms with Crippen molar-refractivity contribution in [1.82, 2.24) is 0 Å². The number of thioether (sulfide) groups is 1. The molecule has 1 aliphatic carbocycles. The van der Waals surface area contributed by atoms with E-state index in [1.165, 1.54) is 31.7 Å². The van der Waals surface area contributed by atoms with Crippen LogP contribution in [-0.2, 0) is 0 Å². The van der Waals surface area contributed by atoms with Crippen LogP contribution in [-0.4, -0.2) is 11.6 Å². The fourth-order valence-electron chi connectivity index (χ4n) is 2.27. The van der Waals surface area contributed by atoms with E-state index in [0.717, 1.165) is 16.6 Å². The number of amidine groups is 1. The first-order valence-corrected chi connectivity index (χ1v) is 6.92. The molecule has 1 aromatic rings.